The third kappa shape index (κ3) is 10.1. The van der Waals surface area contributed by atoms with Gasteiger partial charge < -0.3 is 5.11 Å². The molecular formula is C18H34O2. The van der Waals surface area contributed by atoms with E-state index in [1.807, 2.05) is 6.08 Å². The number of aliphatic carboxylic acids is 1. The zero-order valence-corrected chi connectivity index (χ0v) is 13.6. The molecule has 0 radical (unpaired) electrons. The van der Waals surface area contributed by atoms with Crippen molar-refractivity contribution in [3.05, 3.63) is 12.7 Å². The van der Waals surface area contributed by atoms with Crippen LogP contribution in [0.25, 0.3) is 0 Å². The summed E-state index contributed by atoms with van der Waals surface area (Å²) < 4.78 is 0. The van der Waals surface area contributed by atoms with Crippen molar-refractivity contribution in [3.8, 4) is 0 Å². The highest BCUT2D eigenvalue weighted by molar-refractivity contribution is 5.69. The first-order chi connectivity index (χ1) is 9.65. The van der Waals surface area contributed by atoms with Gasteiger partial charge in [-0.3, -0.25) is 4.79 Å². The maximum atomic E-state index is 11.4. The summed E-state index contributed by atoms with van der Waals surface area (Å²) in [5, 5.41) is 9.37. The summed E-state index contributed by atoms with van der Waals surface area (Å²) in [5.41, 5.74) is 0. The molecule has 20 heavy (non-hydrogen) atoms. The second kappa shape index (κ2) is 13.2. The van der Waals surface area contributed by atoms with E-state index in [0.29, 0.717) is 5.92 Å². The molecule has 2 heteroatoms. The molecule has 0 bridgehead atoms. The molecule has 2 nitrogen and oxygen atoms in total. The minimum atomic E-state index is -0.592. The lowest BCUT2D eigenvalue weighted by Crippen LogP contribution is -2.18. The molecule has 118 valence electrons. The summed E-state index contributed by atoms with van der Waals surface area (Å²) >= 11 is 0. The number of unbranched alkanes of at least 4 members (excludes halogenated alkanes) is 5. The van der Waals surface area contributed by atoms with Crippen molar-refractivity contribution in [2.24, 2.45) is 11.8 Å². The molecule has 1 N–H and O–H groups in total. The third-order valence-electron chi connectivity index (χ3n) is 4.22. The number of carboxylic acid groups (broad SMARTS) is 1. The predicted octanol–water partition coefficient (Wildman–Crippen LogP) is 5.82. The zero-order valence-electron chi connectivity index (χ0n) is 13.6. The van der Waals surface area contributed by atoms with Gasteiger partial charge in [0.25, 0.3) is 0 Å². The van der Waals surface area contributed by atoms with E-state index in [9.17, 15) is 9.90 Å². The van der Waals surface area contributed by atoms with Gasteiger partial charge in [0.05, 0.1) is 5.92 Å². The van der Waals surface area contributed by atoms with Gasteiger partial charge in [0.1, 0.15) is 0 Å². The SMILES string of the molecule is C=CCCCCCCC(CC(CC)CCCC)C(=O)O. The van der Waals surface area contributed by atoms with Crippen molar-refractivity contribution in [1.82, 2.24) is 0 Å². The quantitative estimate of drug-likeness (QED) is 0.322. The average Bonchev–Trinajstić information content (AvgIpc) is 2.44. The molecule has 0 saturated heterocycles. The summed E-state index contributed by atoms with van der Waals surface area (Å²) in [6, 6.07) is 0. The van der Waals surface area contributed by atoms with Crippen LogP contribution >= 0.6 is 0 Å². The van der Waals surface area contributed by atoms with Gasteiger partial charge in [-0.05, 0) is 31.6 Å². The molecular weight excluding hydrogens is 248 g/mol. The molecule has 0 saturated carbocycles. The lowest BCUT2D eigenvalue weighted by molar-refractivity contribution is -0.142. The zero-order chi connectivity index (χ0) is 15.2. The fourth-order valence-corrected chi connectivity index (χ4v) is 2.76. The highest BCUT2D eigenvalue weighted by Gasteiger charge is 2.21. The summed E-state index contributed by atoms with van der Waals surface area (Å²) in [4.78, 5) is 11.4. The summed E-state index contributed by atoms with van der Waals surface area (Å²) in [5.74, 6) is -0.126. The van der Waals surface area contributed by atoms with Crippen LogP contribution in [-0.2, 0) is 4.79 Å². The second-order valence-electron chi connectivity index (χ2n) is 5.97. The Kier molecular flexibility index (Phi) is 12.7. The summed E-state index contributed by atoms with van der Waals surface area (Å²) in [6.07, 6.45) is 14.1. The van der Waals surface area contributed by atoms with Gasteiger partial charge in [0.15, 0.2) is 0 Å². The van der Waals surface area contributed by atoms with Crippen LogP contribution in [0.2, 0.25) is 0 Å². The number of carbonyl (C=O) groups is 1. The molecule has 0 spiro atoms. The van der Waals surface area contributed by atoms with E-state index in [-0.39, 0.29) is 5.92 Å². The Hall–Kier alpha value is -0.790. The fourth-order valence-electron chi connectivity index (χ4n) is 2.76. The van der Waals surface area contributed by atoms with Crippen molar-refractivity contribution in [1.29, 1.82) is 0 Å². The van der Waals surface area contributed by atoms with Gasteiger partial charge in [-0.1, -0.05) is 64.9 Å². The molecule has 0 aliphatic heterocycles. The smallest absolute Gasteiger partial charge is 0.306 e. The highest BCUT2D eigenvalue weighted by atomic mass is 16.4. The van der Waals surface area contributed by atoms with Gasteiger partial charge in [-0.2, -0.15) is 0 Å². The van der Waals surface area contributed by atoms with Crippen LogP contribution in [0.15, 0.2) is 12.7 Å². The molecule has 2 atom stereocenters. The Morgan fingerprint density at radius 3 is 2.35 bits per heavy atom. The number of carboxylic acids is 1. The largest absolute Gasteiger partial charge is 0.481 e. The average molecular weight is 282 g/mol. The van der Waals surface area contributed by atoms with Crippen LogP contribution in [-0.4, -0.2) is 11.1 Å². The van der Waals surface area contributed by atoms with Gasteiger partial charge >= 0.3 is 5.97 Å². The van der Waals surface area contributed by atoms with E-state index in [1.165, 1.54) is 32.1 Å². The number of allylic oxidation sites excluding steroid dienone is 1. The molecule has 0 aromatic heterocycles. The minimum Gasteiger partial charge on any atom is -0.481 e. The molecule has 0 aromatic carbocycles. The molecule has 0 aromatic rings. The molecule has 0 rings (SSSR count). The first-order valence-electron chi connectivity index (χ1n) is 8.49. The number of hydrogen-bond acceptors (Lipinski definition) is 1. The summed E-state index contributed by atoms with van der Waals surface area (Å²) in [7, 11) is 0. The van der Waals surface area contributed by atoms with E-state index in [1.54, 1.807) is 0 Å². The molecule has 0 amide bonds. The lowest BCUT2D eigenvalue weighted by Gasteiger charge is -2.19. The summed E-state index contributed by atoms with van der Waals surface area (Å²) in [6.45, 7) is 8.11. The Bertz CT molecular complexity index is 248. The van der Waals surface area contributed by atoms with Crippen LogP contribution in [0.1, 0.15) is 84.5 Å². The van der Waals surface area contributed by atoms with Crippen molar-refractivity contribution in [3.63, 3.8) is 0 Å². The Morgan fingerprint density at radius 1 is 1.10 bits per heavy atom. The monoisotopic (exact) mass is 282 g/mol. The normalized spacial score (nSPS) is 13.9. The van der Waals surface area contributed by atoms with Crippen molar-refractivity contribution in [2.75, 3.05) is 0 Å². The van der Waals surface area contributed by atoms with Crippen LogP contribution in [0, 0.1) is 11.8 Å². The fraction of sp³-hybridized carbons (Fsp3) is 0.833. The Labute approximate surface area is 125 Å². The van der Waals surface area contributed by atoms with Gasteiger partial charge in [0, 0.05) is 0 Å². The molecule has 0 heterocycles. The first-order valence-corrected chi connectivity index (χ1v) is 8.49. The number of rotatable bonds is 14. The van der Waals surface area contributed by atoms with Crippen molar-refractivity contribution >= 4 is 5.97 Å². The standard InChI is InChI=1S/C18H34O2/c1-4-7-9-10-11-12-14-17(18(19)20)15-16(6-3)13-8-5-2/h4,16-17H,1,5-15H2,2-3H3,(H,19,20). The maximum absolute atomic E-state index is 11.4. The predicted molar refractivity (Wildman–Crippen MR) is 86.9 cm³/mol. The molecule has 0 fully saturated rings. The van der Waals surface area contributed by atoms with Crippen LogP contribution in [0.4, 0.5) is 0 Å². The Morgan fingerprint density at radius 2 is 1.80 bits per heavy atom. The maximum Gasteiger partial charge on any atom is 0.306 e. The molecule has 0 aliphatic rings. The lowest BCUT2D eigenvalue weighted by atomic mass is 9.86. The topological polar surface area (TPSA) is 37.3 Å². The van der Waals surface area contributed by atoms with Crippen LogP contribution in [0.3, 0.4) is 0 Å². The van der Waals surface area contributed by atoms with E-state index < -0.39 is 5.97 Å². The number of hydrogen-bond donors (Lipinski definition) is 1. The van der Waals surface area contributed by atoms with E-state index in [0.717, 1.165) is 38.5 Å². The van der Waals surface area contributed by atoms with Gasteiger partial charge in [0.2, 0.25) is 0 Å². The van der Waals surface area contributed by atoms with Crippen molar-refractivity contribution < 1.29 is 9.90 Å². The van der Waals surface area contributed by atoms with Gasteiger partial charge in [-0.15, -0.1) is 6.58 Å². The van der Waals surface area contributed by atoms with Crippen LogP contribution in [0.5, 0.6) is 0 Å². The van der Waals surface area contributed by atoms with Crippen molar-refractivity contribution in [2.45, 2.75) is 84.5 Å². The highest BCUT2D eigenvalue weighted by Crippen LogP contribution is 2.25. The third-order valence-corrected chi connectivity index (χ3v) is 4.22. The Balaban J connectivity index is 3.96. The molecule has 2 unspecified atom stereocenters. The minimum absolute atomic E-state index is 0.129. The second-order valence-corrected chi connectivity index (χ2v) is 5.97. The first kappa shape index (κ1) is 19.2. The van der Waals surface area contributed by atoms with Gasteiger partial charge in [-0.25, -0.2) is 0 Å². The molecule has 0 aliphatic carbocycles. The van der Waals surface area contributed by atoms with E-state index >= 15 is 0 Å². The van der Waals surface area contributed by atoms with Crippen LogP contribution < -0.4 is 0 Å². The van der Waals surface area contributed by atoms with E-state index in [2.05, 4.69) is 20.4 Å². The van der Waals surface area contributed by atoms with E-state index in [4.69, 9.17) is 0 Å².